The van der Waals surface area contributed by atoms with Crippen molar-refractivity contribution in [2.75, 3.05) is 19.0 Å². The smallest absolute Gasteiger partial charge is 0.272 e. The molecule has 1 amide bonds. The zero-order valence-corrected chi connectivity index (χ0v) is 10.4. The number of nitrogens with one attached hydrogen (secondary N) is 1. The number of nitrogen functional groups attached to an aromatic ring is 1. The van der Waals surface area contributed by atoms with Gasteiger partial charge in [0.15, 0.2) is 0 Å². The largest absolute Gasteiger partial charge is 0.340 e. The van der Waals surface area contributed by atoms with Crippen molar-refractivity contribution in [3.8, 4) is 0 Å². The number of nitrogens with zero attached hydrogens (tertiary/aromatic N) is 2. The maximum atomic E-state index is 12.0. The zero-order chi connectivity index (χ0) is 12.7. The van der Waals surface area contributed by atoms with Crippen LogP contribution >= 0.6 is 0 Å². The second-order valence-electron chi connectivity index (χ2n) is 3.99. The molecule has 17 heavy (non-hydrogen) atoms. The maximum Gasteiger partial charge on any atom is 0.272 e. The summed E-state index contributed by atoms with van der Waals surface area (Å²) in [5.41, 5.74) is 2.85. The van der Waals surface area contributed by atoms with Crippen LogP contribution in [0.2, 0.25) is 0 Å². The first-order valence-electron chi connectivity index (χ1n) is 5.88. The van der Waals surface area contributed by atoms with Gasteiger partial charge in [-0.2, -0.15) is 0 Å². The van der Waals surface area contributed by atoms with Crippen LogP contribution in [0.4, 0.5) is 5.82 Å². The normalized spacial score (nSPS) is 10.1. The highest BCUT2D eigenvalue weighted by atomic mass is 16.2. The number of carbonyl (C=O) groups is 1. The quantitative estimate of drug-likeness (QED) is 0.447. The van der Waals surface area contributed by atoms with Gasteiger partial charge in [-0.3, -0.25) is 4.79 Å². The summed E-state index contributed by atoms with van der Waals surface area (Å²) in [6, 6.07) is 5.17. The molecule has 0 atom stereocenters. The van der Waals surface area contributed by atoms with Crippen LogP contribution in [0.25, 0.3) is 0 Å². The molecule has 5 heteroatoms. The number of aromatic nitrogens is 1. The monoisotopic (exact) mass is 236 g/mol. The molecule has 0 saturated heterocycles. The van der Waals surface area contributed by atoms with Crippen molar-refractivity contribution in [1.29, 1.82) is 0 Å². The minimum Gasteiger partial charge on any atom is -0.340 e. The number of hydrazine groups is 1. The lowest BCUT2D eigenvalue weighted by Gasteiger charge is -2.16. The molecule has 0 aliphatic heterocycles. The summed E-state index contributed by atoms with van der Waals surface area (Å²) in [5, 5.41) is 0. The van der Waals surface area contributed by atoms with E-state index >= 15 is 0 Å². The Kier molecular flexibility index (Phi) is 5.42. The summed E-state index contributed by atoms with van der Waals surface area (Å²) in [6.45, 7) is 2.90. The number of hydrogen-bond acceptors (Lipinski definition) is 4. The van der Waals surface area contributed by atoms with Gasteiger partial charge in [0.2, 0.25) is 0 Å². The molecule has 1 rings (SSSR count). The third-order valence-electron chi connectivity index (χ3n) is 2.56. The van der Waals surface area contributed by atoms with Crippen molar-refractivity contribution in [3.63, 3.8) is 0 Å². The summed E-state index contributed by atoms with van der Waals surface area (Å²) < 4.78 is 0. The lowest BCUT2D eigenvalue weighted by molar-refractivity contribution is 0.0787. The number of rotatable bonds is 6. The Morgan fingerprint density at radius 2 is 2.24 bits per heavy atom. The van der Waals surface area contributed by atoms with Crippen molar-refractivity contribution in [1.82, 2.24) is 9.88 Å². The van der Waals surface area contributed by atoms with Gasteiger partial charge in [-0.05, 0) is 18.6 Å². The van der Waals surface area contributed by atoms with Crippen LogP contribution < -0.4 is 11.3 Å². The standard InChI is InChI=1S/C12H20N4O/c1-3-4-5-9-16(2)12(17)10-7-6-8-11(14-10)15-13/h6-8H,3-5,9,13H2,1-2H3,(H,14,15). The Morgan fingerprint density at radius 3 is 2.88 bits per heavy atom. The molecule has 1 aromatic heterocycles. The van der Waals surface area contributed by atoms with Crippen molar-refractivity contribution >= 4 is 11.7 Å². The fourth-order valence-corrected chi connectivity index (χ4v) is 1.53. The number of nitrogens with two attached hydrogens (primary N) is 1. The lowest BCUT2D eigenvalue weighted by atomic mass is 10.2. The van der Waals surface area contributed by atoms with E-state index in [1.165, 1.54) is 0 Å². The van der Waals surface area contributed by atoms with Crippen molar-refractivity contribution in [2.45, 2.75) is 26.2 Å². The molecule has 0 aliphatic carbocycles. The van der Waals surface area contributed by atoms with E-state index in [2.05, 4.69) is 17.3 Å². The first-order chi connectivity index (χ1) is 8.19. The predicted octanol–water partition coefficient (Wildman–Crippen LogP) is 1.63. The first kappa shape index (κ1) is 13.4. The van der Waals surface area contributed by atoms with Crippen LogP contribution in [-0.4, -0.2) is 29.4 Å². The molecule has 0 aromatic carbocycles. The Balaban J connectivity index is 2.61. The van der Waals surface area contributed by atoms with Gasteiger partial charge in [-0.15, -0.1) is 0 Å². The molecule has 0 spiro atoms. The number of amides is 1. The molecule has 0 unspecified atom stereocenters. The summed E-state index contributed by atoms with van der Waals surface area (Å²) in [6.07, 6.45) is 3.30. The molecule has 3 N–H and O–H groups in total. The van der Waals surface area contributed by atoms with Crippen LogP contribution in [0, 0.1) is 0 Å². The molecule has 94 valence electrons. The lowest BCUT2D eigenvalue weighted by Crippen LogP contribution is -2.28. The highest BCUT2D eigenvalue weighted by molar-refractivity contribution is 5.92. The van der Waals surface area contributed by atoms with Crippen molar-refractivity contribution in [2.24, 2.45) is 5.84 Å². The average Bonchev–Trinajstić information content (AvgIpc) is 2.38. The van der Waals surface area contributed by atoms with Crippen LogP contribution in [0.1, 0.15) is 36.7 Å². The summed E-state index contributed by atoms with van der Waals surface area (Å²) in [5.74, 6) is 5.68. The van der Waals surface area contributed by atoms with Gasteiger partial charge < -0.3 is 10.3 Å². The van der Waals surface area contributed by atoms with Crippen molar-refractivity contribution < 1.29 is 4.79 Å². The van der Waals surface area contributed by atoms with E-state index in [1.54, 1.807) is 30.1 Å². The second kappa shape index (κ2) is 6.85. The second-order valence-corrected chi connectivity index (χ2v) is 3.99. The van der Waals surface area contributed by atoms with Gasteiger partial charge in [0.25, 0.3) is 5.91 Å². The van der Waals surface area contributed by atoms with Gasteiger partial charge >= 0.3 is 0 Å². The van der Waals surface area contributed by atoms with Crippen molar-refractivity contribution in [3.05, 3.63) is 23.9 Å². The number of unbranched alkanes of at least 4 members (excludes halogenated alkanes) is 2. The van der Waals surface area contributed by atoms with Crippen LogP contribution in [0.5, 0.6) is 0 Å². The third kappa shape index (κ3) is 4.03. The van der Waals surface area contributed by atoms with Gasteiger partial charge in [0, 0.05) is 13.6 Å². The number of pyridine rings is 1. The summed E-state index contributed by atoms with van der Waals surface area (Å²) >= 11 is 0. The molecular formula is C12H20N4O. The molecular weight excluding hydrogens is 216 g/mol. The first-order valence-corrected chi connectivity index (χ1v) is 5.88. The van der Waals surface area contributed by atoms with E-state index in [9.17, 15) is 4.79 Å². The number of anilines is 1. The maximum absolute atomic E-state index is 12.0. The molecule has 0 aliphatic rings. The van der Waals surface area contributed by atoms with E-state index < -0.39 is 0 Å². The fraction of sp³-hybridized carbons (Fsp3) is 0.500. The highest BCUT2D eigenvalue weighted by Gasteiger charge is 2.12. The topological polar surface area (TPSA) is 71.2 Å². The van der Waals surface area contributed by atoms with Crippen LogP contribution in [0.3, 0.4) is 0 Å². The van der Waals surface area contributed by atoms with E-state index in [1.807, 2.05) is 0 Å². The molecule has 0 radical (unpaired) electrons. The molecule has 0 fully saturated rings. The third-order valence-corrected chi connectivity index (χ3v) is 2.56. The Bertz CT molecular complexity index is 367. The predicted molar refractivity (Wildman–Crippen MR) is 68.5 cm³/mol. The van der Waals surface area contributed by atoms with Gasteiger partial charge in [-0.1, -0.05) is 25.8 Å². The van der Waals surface area contributed by atoms with Crippen LogP contribution in [-0.2, 0) is 0 Å². The SMILES string of the molecule is CCCCCN(C)C(=O)c1cccc(NN)n1. The van der Waals surface area contributed by atoms with Gasteiger partial charge in [0.05, 0.1) is 0 Å². The van der Waals surface area contributed by atoms with E-state index in [-0.39, 0.29) is 5.91 Å². The van der Waals surface area contributed by atoms with E-state index in [0.717, 1.165) is 25.8 Å². The Labute approximate surface area is 102 Å². The van der Waals surface area contributed by atoms with E-state index in [0.29, 0.717) is 11.5 Å². The Morgan fingerprint density at radius 1 is 1.47 bits per heavy atom. The molecule has 5 nitrogen and oxygen atoms in total. The Hall–Kier alpha value is -1.62. The zero-order valence-electron chi connectivity index (χ0n) is 10.4. The highest BCUT2D eigenvalue weighted by Crippen LogP contribution is 2.06. The van der Waals surface area contributed by atoms with Gasteiger partial charge in [0.1, 0.15) is 11.5 Å². The molecule has 1 aromatic rings. The van der Waals surface area contributed by atoms with Crippen LogP contribution in [0.15, 0.2) is 18.2 Å². The molecule has 1 heterocycles. The number of carbonyl (C=O) groups excluding carboxylic acids is 1. The average molecular weight is 236 g/mol. The molecule has 0 saturated carbocycles. The molecule has 0 bridgehead atoms. The van der Waals surface area contributed by atoms with E-state index in [4.69, 9.17) is 5.84 Å². The minimum absolute atomic E-state index is 0.0711. The number of hydrogen-bond donors (Lipinski definition) is 2. The minimum atomic E-state index is -0.0711. The fourth-order valence-electron chi connectivity index (χ4n) is 1.53. The summed E-state index contributed by atoms with van der Waals surface area (Å²) in [7, 11) is 1.79. The summed E-state index contributed by atoms with van der Waals surface area (Å²) in [4.78, 5) is 17.8. The van der Waals surface area contributed by atoms with Gasteiger partial charge in [-0.25, -0.2) is 10.8 Å².